The molecule has 3 saturated heterocycles. The van der Waals surface area contributed by atoms with Gasteiger partial charge in [0.25, 0.3) is 5.69 Å². The van der Waals surface area contributed by atoms with E-state index in [2.05, 4.69) is 10.2 Å². The SMILES string of the molecule is COc1cc([N+](=O)[O-])ccc1N1C(=O)[C@@H]2[C@H]3CCCN3[C@]3(C(=O)Nc4c3ccc(C)c4C)[C@@H]2C1=O. The number of nitro groups is 1. The van der Waals surface area contributed by atoms with E-state index in [4.69, 9.17) is 4.74 Å². The van der Waals surface area contributed by atoms with Crippen molar-refractivity contribution in [1.82, 2.24) is 4.90 Å². The van der Waals surface area contributed by atoms with Crippen molar-refractivity contribution in [3.8, 4) is 5.75 Å². The third kappa shape index (κ3) is 2.49. The van der Waals surface area contributed by atoms with E-state index in [-0.39, 0.29) is 29.1 Å². The van der Waals surface area contributed by atoms with E-state index in [1.807, 2.05) is 26.0 Å². The highest BCUT2D eigenvalue weighted by Crippen LogP contribution is 2.61. The summed E-state index contributed by atoms with van der Waals surface area (Å²) in [4.78, 5) is 55.6. The van der Waals surface area contributed by atoms with Crippen LogP contribution in [0.3, 0.4) is 0 Å². The molecule has 1 spiro atoms. The van der Waals surface area contributed by atoms with Gasteiger partial charge in [-0.15, -0.1) is 0 Å². The number of nitro benzene ring substituents is 1. The molecule has 4 aliphatic heterocycles. The summed E-state index contributed by atoms with van der Waals surface area (Å²) in [6, 6.07) is 7.42. The Morgan fingerprint density at radius 2 is 1.91 bits per heavy atom. The van der Waals surface area contributed by atoms with E-state index in [9.17, 15) is 24.5 Å². The summed E-state index contributed by atoms with van der Waals surface area (Å²) < 4.78 is 5.34. The van der Waals surface area contributed by atoms with Gasteiger partial charge in [0.2, 0.25) is 17.7 Å². The molecule has 35 heavy (non-hydrogen) atoms. The number of hydrogen-bond donors (Lipinski definition) is 1. The minimum absolute atomic E-state index is 0.0564. The van der Waals surface area contributed by atoms with Crippen molar-refractivity contribution in [3.05, 3.63) is 57.1 Å². The summed E-state index contributed by atoms with van der Waals surface area (Å²) in [6.07, 6.45) is 1.53. The summed E-state index contributed by atoms with van der Waals surface area (Å²) in [7, 11) is 1.33. The van der Waals surface area contributed by atoms with E-state index in [0.29, 0.717) is 18.7 Å². The Balaban J connectivity index is 1.54. The van der Waals surface area contributed by atoms with Crippen LogP contribution in [-0.2, 0) is 19.9 Å². The minimum Gasteiger partial charge on any atom is -0.494 e. The van der Waals surface area contributed by atoms with Crippen molar-refractivity contribution in [1.29, 1.82) is 0 Å². The number of benzene rings is 2. The molecular formula is C25H24N4O6. The molecule has 10 heteroatoms. The van der Waals surface area contributed by atoms with Crippen molar-refractivity contribution in [2.24, 2.45) is 11.8 Å². The van der Waals surface area contributed by atoms with Gasteiger partial charge in [-0.2, -0.15) is 0 Å². The number of ether oxygens (including phenoxy) is 1. The lowest BCUT2D eigenvalue weighted by molar-refractivity contribution is -0.384. The number of methoxy groups -OCH3 is 1. The summed E-state index contributed by atoms with van der Waals surface area (Å²) in [5.41, 5.74) is 2.10. The number of aryl methyl sites for hydroxylation is 1. The Morgan fingerprint density at radius 3 is 2.63 bits per heavy atom. The van der Waals surface area contributed by atoms with E-state index in [0.717, 1.165) is 28.0 Å². The fraction of sp³-hybridized carbons (Fsp3) is 0.400. The third-order valence-corrected chi connectivity index (χ3v) is 8.31. The van der Waals surface area contributed by atoms with Crippen LogP contribution in [-0.4, -0.2) is 47.2 Å². The summed E-state index contributed by atoms with van der Waals surface area (Å²) in [6.45, 7) is 4.53. The maximum atomic E-state index is 14.1. The molecular weight excluding hydrogens is 452 g/mol. The molecule has 0 bridgehead atoms. The molecule has 1 N–H and O–H groups in total. The van der Waals surface area contributed by atoms with E-state index < -0.39 is 34.1 Å². The first-order valence-electron chi connectivity index (χ1n) is 11.6. The smallest absolute Gasteiger partial charge is 0.273 e. The maximum Gasteiger partial charge on any atom is 0.273 e. The molecule has 4 atom stereocenters. The summed E-state index contributed by atoms with van der Waals surface area (Å²) in [5.74, 6) is -2.69. The Kier molecular flexibility index (Phi) is 4.41. The van der Waals surface area contributed by atoms with Crippen LogP contribution in [0.2, 0.25) is 0 Å². The first kappa shape index (κ1) is 21.7. The van der Waals surface area contributed by atoms with Crippen LogP contribution in [0, 0.1) is 35.8 Å². The van der Waals surface area contributed by atoms with Gasteiger partial charge in [0, 0.05) is 23.4 Å². The Morgan fingerprint density at radius 1 is 1.14 bits per heavy atom. The average Bonchev–Trinajstić information content (AvgIpc) is 3.54. The molecule has 10 nitrogen and oxygen atoms in total. The van der Waals surface area contributed by atoms with Crippen molar-refractivity contribution < 1.29 is 24.0 Å². The van der Waals surface area contributed by atoms with Crippen LogP contribution in [0.15, 0.2) is 30.3 Å². The number of anilines is 2. The van der Waals surface area contributed by atoms with Gasteiger partial charge in [-0.25, -0.2) is 4.90 Å². The zero-order valence-electron chi connectivity index (χ0n) is 19.5. The molecule has 0 aliphatic carbocycles. The van der Waals surface area contributed by atoms with Gasteiger partial charge in [-0.05, 0) is 50.4 Å². The number of carbonyl (C=O) groups excluding carboxylic acids is 3. The van der Waals surface area contributed by atoms with Crippen LogP contribution >= 0.6 is 0 Å². The zero-order valence-corrected chi connectivity index (χ0v) is 19.5. The third-order valence-electron chi connectivity index (χ3n) is 8.31. The van der Waals surface area contributed by atoms with Gasteiger partial charge in [0.15, 0.2) is 0 Å². The number of nitrogens with one attached hydrogen (secondary N) is 1. The second-order valence-electron chi connectivity index (χ2n) is 9.68. The van der Waals surface area contributed by atoms with Crippen molar-refractivity contribution in [3.63, 3.8) is 0 Å². The monoisotopic (exact) mass is 476 g/mol. The number of carbonyl (C=O) groups is 3. The predicted molar refractivity (Wildman–Crippen MR) is 125 cm³/mol. The molecule has 3 fully saturated rings. The highest BCUT2D eigenvalue weighted by Gasteiger charge is 2.74. The molecule has 180 valence electrons. The lowest BCUT2D eigenvalue weighted by Crippen LogP contribution is -2.54. The minimum atomic E-state index is -1.27. The fourth-order valence-corrected chi connectivity index (χ4v) is 6.72. The number of nitrogens with zero attached hydrogens (tertiary/aromatic N) is 3. The van der Waals surface area contributed by atoms with Gasteiger partial charge < -0.3 is 10.1 Å². The number of hydrogen-bond acceptors (Lipinski definition) is 7. The van der Waals surface area contributed by atoms with Crippen LogP contribution in [0.1, 0.15) is 29.5 Å². The number of rotatable bonds is 3. The lowest BCUT2D eigenvalue weighted by Gasteiger charge is -2.36. The molecule has 4 aliphatic rings. The predicted octanol–water partition coefficient (Wildman–Crippen LogP) is 2.65. The fourth-order valence-electron chi connectivity index (χ4n) is 6.72. The Bertz CT molecular complexity index is 1360. The van der Waals surface area contributed by atoms with E-state index >= 15 is 0 Å². The largest absolute Gasteiger partial charge is 0.494 e. The van der Waals surface area contributed by atoms with Crippen molar-refractivity contribution in [2.75, 3.05) is 23.9 Å². The molecule has 0 saturated carbocycles. The second kappa shape index (κ2) is 7.11. The average molecular weight is 476 g/mol. The highest BCUT2D eigenvalue weighted by molar-refractivity contribution is 6.26. The van der Waals surface area contributed by atoms with Crippen LogP contribution < -0.4 is 15.0 Å². The number of amides is 3. The number of imide groups is 1. The number of fused-ring (bicyclic) bond motifs is 7. The van der Waals surface area contributed by atoms with E-state index in [1.165, 1.54) is 25.3 Å². The lowest BCUT2D eigenvalue weighted by atomic mass is 9.75. The molecule has 2 aromatic rings. The Labute approximate surface area is 201 Å². The molecule has 4 heterocycles. The highest BCUT2D eigenvalue weighted by atomic mass is 16.6. The summed E-state index contributed by atoms with van der Waals surface area (Å²) >= 11 is 0. The standard InChI is InChI=1S/C25H24N4O6/c1-12-6-8-15-21(13(12)2)26-24(32)25(15)20-19(17-5-4-10-27(17)25)22(30)28(23(20)31)16-9-7-14(29(33)34)11-18(16)35-3/h6-9,11,17,19-20H,4-5,10H2,1-3H3,(H,26,32)/t17-,19-,20+,25+/m1/s1. The normalized spacial score (nSPS) is 28.9. The van der Waals surface area contributed by atoms with Gasteiger partial charge >= 0.3 is 0 Å². The molecule has 6 rings (SSSR count). The van der Waals surface area contributed by atoms with Crippen LogP contribution in [0.25, 0.3) is 0 Å². The molecule has 2 aromatic carbocycles. The molecule has 0 aromatic heterocycles. The molecule has 0 radical (unpaired) electrons. The molecule has 3 amide bonds. The zero-order chi connectivity index (χ0) is 24.8. The first-order chi connectivity index (χ1) is 16.7. The van der Waals surface area contributed by atoms with Crippen molar-refractivity contribution in [2.45, 2.75) is 38.3 Å². The maximum absolute atomic E-state index is 14.1. The van der Waals surface area contributed by atoms with Gasteiger partial charge in [0.1, 0.15) is 11.3 Å². The van der Waals surface area contributed by atoms with Crippen LogP contribution in [0.4, 0.5) is 17.1 Å². The molecule has 0 unspecified atom stereocenters. The van der Waals surface area contributed by atoms with E-state index in [1.54, 1.807) is 0 Å². The topological polar surface area (TPSA) is 122 Å². The van der Waals surface area contributed by atoms with Gasteiger partial charge in [0.05, 0.1) is 35.6 Å². The second-order valence-corrected chi connectivity index (χ2v) is 9.68. The van der Waals surface area contributed by atoms with Crippen molar-refractivity contribution >= 4 is 34.8 Å². The Hall–Kier alpha value is -3.79. The van der Waals surface area contributed by atoms with Gasteiger partial charge in [-0.3, -0.25) is 29.4 Å². The van der Waals surface area contributed by atoms with Gasteiger partial charge in [-0.1, -0.05) is 12.1 Å². The summed E-state index contributed by atoms with van der Waals surface area (Å²) in [5, 5.41) is 14.3. The first-order valence-corrected chi connectivity index (χ1v) is 11.6. The van der Waals surface area contributed by atoms with Crippen LogP contribution in [0.5, 0.6) is 5.75 Å². The quantitative estimate of drug-likeness (QED) is 0.411. The number of non-ortho nitro benzene ring substituents is 1.